The van der Waals surface area contributed by atoms with E-state index in [2.05, 4.69) is 41.0 Å². The molecule has 0 bridgehead atoms. The number of ether oxygens (including phenoxy) is 1. The predicted molar refractivity (Wildman–Crippen MR) is 70.4 cm³/mol. The van der Waals surface area contributed by atoms with Gasteiger partial charge in [-0.15, -0.1) is 0 Å². The molecule has 0 radical (unpaired) electrons. The predicted octanol–water partition coefficient (Wildman–Crippen LogP) is 1.90. The molecule has 0 atom stereocenters. The first-order chi connectivity index (χ1) is 8.12. The van der Waals surface area contributed by atoms with Crippen LogP contribution in [0.5, 0.6) is 0 Å². The lowest BCUT2D eigenvalue weighted by molar-refractivity contribution is 0.178. The largest absolute Gasteiger partial charge is 0.377 e. The Morgan fingerprint density at radius 3 is 2.59 bits per heavy atom. The van der Waals surface area contributed by atoms with Crippen LogP contribution in [0.15, 0.2) is 6.07 Å². The molecule has 5 nitrogen and oxygen atoms in total. The molecular formula is C12H22N4O. The number of nitrogens with zero attached hydrogens (tertiary/aromatic N) is 3. The second-order valence-electron chi connectivity index (χ2n) is 4.09. The van der Waals surface area contributed by atoms with Crippen LogP contribution in [0.2, 0.25) is 0 Å². The summed E-state index contributed by atoms with van der Waals surface area (Å²) in [6, 6.07) is 2.37. The van der Waals surface area contributed by atoms with Gasteiger partial charge in [0.1, 0.15) is 18.2 Å². The van der Waals surface area contributed by atoms with Gasteiger partial charge in [0.25, 0.3) is 0 Å². The highest BCUT2D eigenvalue weighted by Crippen LogP contribution is 2.18. The lowest BCUT2D eigenvalue weighted by Crippen LogP contribution is -2.31. The van der Waals surface area contributed by atoms with E-state index < -0.39 is 0 Å². The summed E-state index contributed by atoms with van der Waals surface area (Å²) in [7, 11) is 3.50. The molecule has 0 aromatic carbocycles. The second-order valence-corrected chi connectivity index (χ2v) is 4.09. The minimum Gasteiger partial charge on any atom is -0.377 e. The van der Waals surface area contributed by atoms with Gasteiger partial charge in [-0.3, -0.25) is 0 Å². The Balaban J connectivity index is 3.08. The molecule has 0 aliphatic rings. The fraction of sp³-hybridized carbons (Fsp3) is 0.667. The van der Waals surface area contributed by atoms with Crippen LogP contribution in [0.4, 0.5) is 11.6 Å². The molecule has 0 spiro atoms. The van der Waals surface area contributed by atoms with E-state index >= 15 is 0 Å². The third-order valence-corrected chi connectivity index (χ3v) is 2.55. The fourth-order valence-corrected chi connectivity index (χ4v) is 1.74. The zero-order valence-corrected chi connectivity index (χ0v) is 11.3. The Kier molecular flexibility index (Phi) is 5.15. The summed E-state index contributed by atoms with van der Waals surface area (Å²) in [5.74, 6) is 2.46. The maximum absolute atomic E-state index is 5.08. The molecular weight excluding hydrogens is 216 g/mol. The number of rotatable bonds is 6. The van der Waals surface area contributed by atoms with Gasteiger partial charge >= 0.3 is 0 Å². The van der Waals surface area contributed by atoms with Gasteiger partial charge in [-0.2, -0.15) is 0 Å². The van der Waals surface area contributed by atoms with Crippen molar-refractivity contribution in [1.29, 1.82) is 0 Å². The van der Waals surface area contributed by atoms with Crippen LogP contribution in [0, 0.1) is 0 Å². The lowest BCUT2D eigenvalue weighted by atomic mass is 10.3. The molecule has 0 saturated heterocycles. The van der Waals surface area contributed by atoms with E-state index in [0.29, 0.717) is 18.5 Å². The van der Waals surface area contributed by atoms with E-state index in [1.807, 2.05) is 13.1 Å². The van der Waals surface area contributed by atoms with Gasteiger partial charge in [0, 0.05) is 32.8 Å². The maximum Gasteiger partial charge on any atom is 0.158 e. The normalized spacial score (nSPS) is 10.7. The van der Waals surface area contributed by atoms with Crippen LogP contribution in [-0.4, -0.2) is 36.7 Å². The molecule has 0 aliphatic heterocycles. The SMILES string of the molecule is CCN(c1cc(NC)nc(COC)n1)C(C)C. The third-order valence-electron chi connectivity index (χ3n) is 2.55. The van der Waals surface area contributed by atoms with Gasteiger partial charge < -0.3 is 15.0 Å². The van der Waals surface area contributed by atoms with Crippen molar-refractivity contribution >= 4 is 11.6 Å². The molecule has 1 rings (SSSR count). The van der Waals surface area contributed by atoms with Crippen molar-refractivity contribution in [2.24, 2.45) is 0 Å². The summed E-state index contributed by atoms with van der Waals surface area (Å²) >= 11 is 0. The first-order valence-corrected chi connectivity index (χ1v) is 5.93. The number of nitrogens with one attached hydrogen (secondary N) is 1. The minimum absolute atomic E-state index is 0.412. The number of hydrogen-bond acceptors (Lipinski definition) is 5. The molecule has 0 saturated carbocycles. The molecule has 0 aliphatic carbocycles. The molecule has 17 heavy (non-hydrogen) atoms. The van der Waals surface area contributed by atoms with Crippen LogP contribution in [0.1, 0.15) is 26.6 Å². The topological polar surface area (TPSA) is 50.3 Å². The molecule has 5 heteroatoms. The van der Waals surface area contributed by atoms with E-state index in [4.69, 9.17) is 4.74 Å². The van der Waals surface area contributed by atoms with Gasteiger partial charge in [0.05, 0.1) is 0 Å². The van der Waals surface area contributed by atoms with Crippen molar-refractivity contribution in [3.05, 3.63) is 11.9 Å². The van der Waals surface area contributed by atoms with Crippen molar-refractivity contribution in [2.75, 3.05) is 30.9 Å². The Labute approximate surface area is 103 Å². The second kappa shape index (κ2) is 6.39. The molecule has 1 aromatic rings. The Morgan fingerprint density at radius 1 is 1.41 bits per heavy atom. The molecule has 0 unspecified atom stereocenters. The highest BCUT2D eigenvalue weighted by Gasteiger charge is 2.12. The first-order valence-electron chi connectivity index (χ1n) is 5.93. The van der Waals surface area contributed by atoms with Crippen molar-refractivity contribution in [3.8, 4) is 0 Å². The first kappa shape index (κ1) is 13.7. The summed E-state index contributed by atoms with van der Waals surface area (Å²) in [4.78, 5) is 11.1. The highest BCUT2D eigenvalue weighted by atomic mass is 16.5. The van der Waals surface area contributed by atoms with Crippen LogP contribution in [-0.2, 0) is 11.3 Å². The Bertz CT molecular complexity index is 354. The van der Waals surface area contributed by atoms with Crippen LogP contribution >= 0.6 is 0 Å². The molecule has 1 heterocycles. The summed E-state index contributed by atoms with van der Waals surface area (Å²) in [6.45, 7) is 7.78. The summed E-state index contributed by atoms with van der Waals surface area (Å²) < 4.78 is 5.08. The zero-order chi connectivity index (χ0) is 12.8. The van der Waals surface area contributed by atoms with Crippen LogP contribution in [0.3, 0.4) is 0 Å². The van der Waals surface area contributed by atoms with Crippen molar-refractivity contribution in [2.45, 2.75) is 33.4 Å². The van der Waals surface area contributed by atoms with Gasteiger partial charge in [-0.05, 0) is 20.8 Å². The number of methoxy groups -OCH3 is 1. The minimum atomic E-state index is 0.412. The van der Waals surface area contributed by atoms with E-state index in [9.17, 15) is 0 Å². The average molecular weight is 238 g/mol. The number of hydrogen-bond donors (Lipinski definition) is 1. The van der Waals surface area contributed by atoms with Gasteiger partial charge in [0.2, 0.25) is 0 Å². The van der Waals surface area contributed by atoms with E-state index in [0.717, 1.165) is 18.2 Å². The molecule has 1 N–H and O–H groups in total. The molecule has 96 valence electrons. The van der Waals surface area contributed by atoms with Crippen molar-refractivity contribution in [1.82, 2.24) is 9.97 Å². The molecule has 0 amide bonds. The van der Waals surface area contributed by atoms with Crippen LogP contribution in [0.25, 0.3) is 0 Å². The molecule has 1 aromatic heterocycles. The van der Waals surface area contributed by atoms with Crippen LogP contribution < -0.4 is 10.2 Å². The van der Waals surface area contributed by atoms with Crippen molar-refractivity contribution < 1.29 is 4.74 Å². The van der Waals surface area contributed by atoms with Gasteiger partial charge in [0.15, 0.2) is 5.82 Å². The van der Waals surface area contributed by atoms with E-state index in [1.54, 1.807) is 7.11 Å². The average Bonchev–Trinajstić information content (AvgIpc) is 2.29. The van der Waals surface area contributed by atoms with Gasteiger partial charge in [-0.1, -0.05) is 0 Å². The number of aromatic nitrogens is 2. The third kappa shape index (κ3) is 3.56. The molecule has 0 fully saturated rings. The maximum atomic E-state index is 5.08. The van der Waals surface area contributed by atoms with E-state index in [-0.39, 0.29) is 0 Å². The standard InChI is InChI=1S/C12H22N4O/c1-6-16(9(2)3)12-7-10(13-4)14-11(15-12)8-17-5/h7,9H,6,8H2,1-5H3,(H,13,14,15). The summed E-state index contributed by atoms with van der Waals surface area (Å²) in [5, 5.41) is 3.05. The summed E-state index contributed by atoms with van der Waals surface area (Å²) in [5.41, 5.74) is 0. The Morgan fingerprint density at radius 2 is 2.12 bits per heavy atom. The monoisotopic (exact) mass is 238 g/mol. The number of anilines is 2. The lowest BCUT2D eigenvalue weighted by Gasteiger charge is -2.26. The van der Waals surface area contributed by atoms with Crippen molar-refractivity contribution in [3.63, 3.8) is 0 Å². The van der Waals surface area contributed by atoms with E-state index in [1.165, 1.54) is 0 Å². The Hall–Kier alpha value is -1.36. The van der Waals surface area contributed by atoms with Gasteiger partial charge in [-0.25, -0.2) is 9.97 Å². The zero-order valence-electron chi connectivity index (χ0n) is 11.3. The fourth-order valence-electron chi connectivity index (χ4n) is 1.74. The highest BCUT2D eigenvalue weighted by molar-refractivity contribution is 5.49. The summed E-state index contributed by atoms with van der Waals surface area (Å²) in [6.07, 6.45) is 0. The quantitative estimate of drug-likeness (QED) is 0.820. The smallest absolute Gasteiger partial charge is 0.158 e.